The molecular weight excluding hydrogens is 442 g/mol. The van der Waals surface area contributed by atoms with Crippen molar-refractivity contribution >= 4 is 11.9 Å². The number of nitriles is 1. The minimum absolute atomic E-state index is 0.107. The number of hydrogen-bond donors (Lipinski definition) is 3. The standard InChI is InChI=1S/C27H35N5O3/c1-4-34-23-13-9-12-22(24(23)35-5-2)25(33)30-18-27(20-10-7-6-8-11-20)16-14-21(15-17-27)32(3)26(29)31-19-28/h6-13,21H,4-5,14-18H2,1-3H3,(H2,29,31)(H,30,33). The van der Waals surface area contributed by atoms with Gasteiger partial charge in [0.1, 0.15) is 0 Å². The smallest absolute Gasteiger partial charge is 0.255 e. The molecule has 1 saturated carbocycles. The number of carbonyl (C=O) groups excluding carboxylic acids is 1. The highest BCUT2D eigenvalue weighted by atomic mass is 16.5. The van der Waals surface area contributed by atoms with Crippen LogP contribution in [0, 0.1) is 16.9 Å². The molecule has 0 atom stereocenters. The number of nitrogens with one attached hydrogen (secondary N) is 3. The zero-order chi connectivity index (χ0) is 25.3. The Kier molecular flexibility index (Phi) is 8.96. The first-order chi connectivity index (χ1) is 17.0. The minimum atomic E-state index is -0.220. The highest BCUT2D eigenvalue weighted by molar-refractivity contribution is 5.97. The summed E-state index contributed by atoms with van der Waals surface area (Å²) < 4.78 is 11.5. The molecule has 8 heteroatoms. The van der Waals surface area contributed by atoms with Crippen LogP contribution in [0.2, 0.25) is 0 Å². The van der Waals surface area contributed by atoms with Gasteiger partial charge in [-0.05, 0) is 57.2 Å². The third kappa shape index (κ3) is 6.04. The van der Waals surface area contributed by atoms with Gasteiger partial charge in [-0.15, -0.1) is 0 Å². The fourth-order valence-electron chi connectivity index (χ4n) is 4.83. The molecule has 3 rings (SSSR count). The predicted molar refractivity (Wildman–Crippen MR) is 136 cm³/mol. The average Bonchev–Trinajstić information content (AvgIpc) is 2.89. The van der Waals surface area contributed by atoms with Gasteiger partial charge in [-0.2, -0.15) is 5.26 Å². The second-order valence-electron chi connectivity index (χ2n) is 8.76. The lowest BCUT2D eigenvalue weighted by molar-refractivity contribution is 0.0926. The summed E-state index contributed by atoms with van der Waals surface area (Å²) in [4.78, 5) is 15.1. The zero-order valence-electron chi connectivity index (χ0n) is 20.8. The zero-order valence-corrected chi connectivity index (χ0v) is 20.8. The van der Waals surface area contributed by atoms with Crippen LogP contribution in [0.1, 0.15) is 55.5 Å². The summed E-state index contributed by atoms with van der Waals surface area (Å²) >= 11 is 0. The van der Waals surface area contributed by atoms with E-state index in [1.807, 2.05) is 56.3 Å². The van der Waals surface area contributed by atoms with Gasteiger partial charge in [0.05, 0.1) is 18.8 Å². The van der Waals surface area contributed by atoms with Crippen LogP contribution >= 0.6 is 0 Å². The number of hydrogen-bond acceptors (Lipinski definition) is 5. The molecule has 1 amide bonds. The number of ether oxygens (including phenoxy) is 2. The first-order valence-corrected chi connectivity index (χ1v) is 12.1. The lowest BCUT2D eigenvalue weighted by Gasteiger charge is -2.43. The van der Waals surface area contributed by atoms with Gasteiger partial charge in [0, 0.05) is 25.0 Å². The van der Waals surface area contributed by atoms with Crippen LogP contribution in [0.4, 0.5) is 0 Å². The summed E-state index contributed by atoms with van der Waals surface area (Å²) in [6, 6.07) is 15.8. The average molecular weight is 478 g/mol. The monoisotopic (exact) mass is 477 g/mol. The van der Waals surface area contributed by atoms with Crippen molar-refractivity contribution in [3.63, 3.8) is 0 Å². The summed E-state index contributed by atoms with van der Waals surface area (Å²) in [7, 11) is 1.84. The van der Waals surface area contributed by atoms with Gasteiger partial charge in [-0.3, -0.25) is 15.5 Å². The molecule has 1 aliphatic rings. The molecule has 1 fully saturated rings. The lowest BCUT2D eigenvalue weighted by atomic mass is 9.68. The van der Waals surface area contributed by atoms with Crippen molar-refractivity contribution < 1.29 is 14.3 Å². The highest BCUT2D eigenvalue weighted by Gasteiger charge is 2.38. The first-order valence-electron chi connectivity index (χ1n) is 12.1. The number of para-hydroxylation sites is 1. The maximum absolute atomic E-state index is 13.3. The molecule has 2 aromatic rings. The van der Waals surface area contributed by atoms with E-state index in [2.05, 4.69) is 22.8 Å². The van der Waals surface area contributed by atoms with Crippen molar-refractivity contribution in [2.24, 2.45) is 0 Å². The van der Waals surface area contributed by atoms with Gasteiger partial charge in [0.15, 0.2) is 17.7 Å². The van der Waals surface area contributed by atoms with E-state index in [0.29, 0.717) is 36.8 Å². The summed E-state index contributed by atoms with van der Waals surface area (Å²) in [5, 5.41) is 22.5. The van der Waals surface area contributed by atoms with E-state index in [-0.39, 0.29) is 23.3 Å². The van der Waals surface area contributed by atoms with Crippen molar-refractivity contribution in [1.82, 2.24) is 15.5 Å². The maximum Gasteiger partial charge on any atom is 0.255 e. The number of benzene rings is 2. The van der Waals surface area contributed by atoms with Gasteiger partial charge in [-0.1, -0.05) is 36.4 Å². The molecule has 0 heterocycles. The molecule has 0 aromatic heterocycles. The second kappa shape index (κ2) is 12.1. The SMILES string of the molecule is CCOc1cccc(C(=O)NCC2(c3ccccc3)CCC(N(C)C(=N)NC#N)CC2)c1OCC. The minimum Gasteiger partial charge on any atom is -0.490 e. The Morgan fingerprint density at radius 1 is 1.11 bits per heavy atom. The maximum atomic E-state index is 13.3. The van der Waals surface area contributed by atoms with E-state index in [9.17, 15) is 4.79 Å². The normalized spacial score (nSPS) is 19.2. The van der Waals surface area contributed by atoms with Crippen LogP contribution in [-0.4, -0.2) is 49.6 Å². The number of nitrogens with zero attached hydrogens (tertiary/aromatic N) is 2. The fourth-order valence-corrected chi connectivity index (χ4v) is 4.83. The first kappa shape index (κ1) is 25.9. The highest BCUT2D eigenvalue weighted by Crippen LogP contribution is 2.40. The van der Waals surface area contributed by atoms with Gasteiger partial charge >= 0.3 is 0 Å². The number of amides is 1. The van der Waals surface area contributed by atoms with E-state index < -0.39 is 0 Å². The van der Waals surface area contributed by atoms with E-state index in [0.717, 1.165) is 25.7 Å². The molecule has 3 N–H and O–H groups in total. The molecule has 0 unspecified atom stereocenters. The molecule has 0 saturated heterocycles. The van der Waals surface area contributed by atoms with Gasteiger partial charge < -0.3 is 19.7 Å². The van der Waals surface area contributed by atoms with Gasteiger partial charge in [0.25, 0.3) is 5.91 Å². The third-order valence-electron chi connectivity index (χ3n) is 6.77. The molecule has 0 radical (unpaired) electrons. The van der Waals surface area contributed by atoms with Gasteiger partial charge in [-0.25, -0.2) is 0 Å². The Morgan fingerprint density at radius 3 is 2.43 bits per heavy atom. The summed E-state index contributed by atoms with van der Waals surface area (Å²) in [5.74, 6) is 0.953. The Labute approximate surface area is 207 Å². The van der Waals surface area contributed by atoms with E-state index in [4.69, 9.17) is 20.1 Å². The molecule has 2 aromatic carbocycles. The van der Waals surface area contributed by atoms with Crippen molar-refractivity contribution in [2.75, 3.05) is 26.8 Å². The molecule has 8 nitrogen and oxygen atoms in total. The van der Waals surface area contributed by atoms with Crippen molar-refractivity contribution in [1.29, 1.82) is 10.7 Å². The molecule has 1 aliphatic carbocycles. The van der Waals surface area contributed by atoms with Crippen LogP contribution in [-0.2, 0) is 5.41 Å². The van der Waals surface area contributed by atoms with Crippen LogP contribution in [0.25, 0.3) is 0 Å². The van der Waals surface area contributed by atoms with E-state index in [1.54, 1.807) is 12.1 Å². The van der Waals surface area contributed by atoms with Gasteiger partial charge in [0.2, 0.25) is 5.96 Å². The quantitative estimate of drug-likeness (QED) is 0.218. The Bertz CT molecular complexity index is 1040. The van der Waals surface area contributed by atoms with Crippen molar-refractivity contribution in [3.8, 4) is 17.7 Å². The topological polar surface area (TPSA) is 110 Å². The third-order valence-corrected chi connectivity index (χ3v) is 6.77. The van der Waals surface area contributed by atoms with E-state index >= 15 is 0 Å². The molecule has 0 aliphatic heterocycles. The van der Waals surface area contributed by atoms with Crippen LogP contribution < -0.4 is 20.1 Å². The molecular formula is C27H35N5O3. The number of rotatable bonds is 9. The molecule has 0 spiro atoms. The molecule has 186 valence electrons. The largest absolute Gasteiger partial charge is 0.490 e. The Morgan fingerprint density at radius 2 is 1.80 bits per heavy atom. The Balaban J connectivity index is 1.79. The van der Waals surface area contributed by atoms with Crippen molar-refractivity contribution in [3.05, 3.63) is 59.7 Å². The second-order valence-corrected chi connectivity index (χ2v) is 8.76. The lowest BCUT2D eigenvalue weighted by Crippen LogP contribution is -2.49. The van der Waals surface area contributed by atoms with Crippen molar-refractivity contribution in [2.45, 2.75) is 51.0 Å². The number of guanidine groups is 1. The molecule has 0 bridgehead atoms. The van der Waals surface area contributed by atoms with Crippen LogP contribution in [0.3, 0.4) is 0 Å². The fraction of sp³-hybridized carbons (Fsp3) is 0.444. The van der Waals surface area contributed by atoms with E-state index in [1.165, 1.54) is 5.56 Å². The number of carbonyl (C=O) groups is 1. The predicted octanol–water partition coefficient (Wildman–Crippen LogP) is 4.03. The summed E-state index contributed by atoms with van der Waals surface area (Å²) in [5.41, 5.74) is 1.44. The molecule has 35 heavy (non-hydrogen) atoms. The summed E-state index contributed by atoms with van der Waals surface area (Å²) in [6.45, 7) is 5.19. The van der Waals surface area contributed by atoms with Crippen LogP contribution in [0.15, 0.2) is 48.5 Å². The Hall–Kier alpha value is -3.73. The van der Waals surface area contributed by atoms with Crippen LogP contribution in [0.5, 0.6) is 11.5 Å². The summed E-state index contributed by atoms with van der Waals surface area (Å²) in [6.07, 6.45) is 5.22.